The lowest BCUT2D eigenvalue weighted by atomic mass is 9.96. The maximum absolute atomic E-state index is 13.0. The van der Waals surface area contributed by atoms with Gasteiger partial charge in [0.15, 0.2) is 6.61 Å². The van der Waals surface area contributed by atoms with Gasteiger partial charge in [0.05, 0.1) is 12.7 Å². The fourth-order valence-electron chi connectivity index (χ4n) is 4.10. The molecule has 0 unspecified atom stereocenters. The molecule has 0 saturated heterocycles. The summed E-state index contributed by atoms with van der Waals surface area (Å²) in [7, 11) is 1.26. The number of aromatic nitrogens is 1. The zero-order chi connectivity index (χ0) is 24.9. The summed E-state index contributed by atoms with van der Waals surface area (Å²) in [6.45, 7) is -0.341. The number of amides is 1. The lowest BCUT2D eigenvalue weighted by molar-refractivity contribution is -0.142. The van der Waals surface area contributed by atoms with E-state index in [0.29, 0.717) is 16.8 Å². The van der Waals surface area contributed by atoms with Gasteiger partial charge in [0.2, 0.25) is 0 Å². The van der Waals surface area contributed by atoms with E-state index in [4.69, 9.17) is 10.5 Å². The van der Waals surface area contributed by atoms with E-state index in [1.165, 1.54) is 18.9 Å². The van der Waals surface area contributed by atoms with E-state index in [0.717, 1.165) is 22.4 Å². The monoisotopic (exact) mass is 488 g/mol. The number of ketones is 1. The number of nitrogens with two attached hydrogens (primary N) is 1. The molecule has 2 N–H and O–H groups in total. The molecule has 7 nitrogen and oxygen atoms in total. The minimum atomic E-state index is -1.06. The first-order valence-electron chi connectivity index (χ1n) is 10.8. The minimum Gasteiger partial charge on any atom is -0.480 e. The number of thioether (sulfide) groups is 1. The van der Waals surface area contributed by atoms with Crippen LogP contribution in [-0.2, 0) is 20.7 Å². The van der Waals surface area contributed by atoms with Crippen molar-refractivity contribution in [2.24, 2.45) is 5.73 Å². The number of pyridine rings is 1. The number of ether oxygens (including phenoxy) is 2. The third-order valence-corrected chi connectivity index (χ3v) is 6.51. The average molecular weight is 489 g/mol. The third kappa shape index (κ3) is 4.79. The predicted molar refractivity (Wildman–Crippen MR) is 135 cm³/mol. The Morgan fingerprint density at radius 2 is 1.69 bits per heavy atom. The second kappa shape index (κ2) is 10.5. The van der Waals surface area contributed by atoms with E-state index < -0.39 is 17.7 Å². The van der Waals surface area contributed by atoms with Gasteiger partial charge in [-0.2, -0.15) is 0 Å². The van der Waals surface area contributed by atoms with Crippen LogP contribution in [0.4, 0.5) is 0 Å². The molecule has 4 rings (SSSR count). The van der Waals surface area contributed by atoms with Gasteiger partial charge in [0, 0.05) is 23.2 Å². The Bertz CT molecular complexity index is 1410. The van der Waals surface area contributed by atoms with E-state index in [9.17, 15) is 14.4 Å². The minimum absolute atomic E-state index is 0.164. The first-order valence-corrected chi connectivity index (χ1v) is 12.1. The number of benzene rings is 2. The number of rotatable bonds is 9. The molecular formula is C27H24N2O5S. The molecule has 0 fully saturated rings. The number of carbonyl (C=O) groups excluding carboxylic acids is 3. The number of nitrogens with zero attached hydrogens (tertiary/aromatic N) is 1. The highest BCUT2D eigenvalue weighted by Gasteiger charge is 2.28. The summed E-state index contributed by atoms with van der Waals surface area (Å²) in [5, 5.41) is 0. The van der Waals surface area contributed by atoms with Crippen LogP contribution in [0.25, 0.3) is 16.6 Å². The van der Waals surface area contributed by atoms with Gasteiger partial charge in [-0.25, -0.2) is 4.79 Å². The fourth-order valence-corrected chi connectivity index (χ4v) is 4.90. The number of Topliss-reactive ketones (excluding diaryl/α,β-unsaturated/α-hetero) is 1. The zero-order valence-electron chi connectivity index (χ0n) is 19.3. The van der Waals surface area contributed by atoms with E-state index >= 15 is 0 Å². The molecule has 2 heterocycles. The van der Waals surface area contributed by atoms with E-state index in [1.807, 2.05) is 59.2 Å². The van der Waals surface area contributed by atoms with Crippen LogP contribution in [0.1, 0.15) is 21.6 Å². The number of methoxy groups -OCH3 is 1. The van der Waals surface area contributed by atoms with Crippen molar-refractivity contribution in [1.82, 2.24) is 4.40 Å². The van der Waals surface area contributed by atoms with Crippen molar-refractivity contribution in [1.29, 1.82) is 0 Å². The van der Waals surface area contributed by atoms with Crippen molar-refractivity contribution >= 4 is 34.9 Å². The van der Waals surface area contributed by atoms with Crippen LogP contribution >= 0.6 is 11.8 Å². The van der Waals surface area contributed by atoms with E-state index in [-0.39, 0.29) is 17.9 Å². The largest absolute Gasteiger partial charge is 0.480 e. The van der Waals surface area contributed by atoms with Crippen molar-refractivity contribution in [3.8, 4) is 16.9 Å². The van der Waals surface area contributed by atoms with Crippen LogP contribution in [0.15, 0.2) is 77.8 Å². The molecule has 0 radical (unpaired) electrons. The van der Waals surface area contributed by atoms with Gasteiger partial charge in [-0.05, 0) is 35.1 Å². The molecule has 0 spiro atoms. The fraction of sp³-hybridized carbons (Fsp3) is 0.148. The first kappa shape index (κ1) is 24.1. The summed E-state index contributed by atoms with van der Waals surface area (Å²) < 4.78 is 12.2. The van der Waals surface area contributed by atoms with Crippen molar-refractivity contribution in [3.63, 3.8) is 0 Å². The number of fused-ring (bicyclic) bond motifs is 1. The van der Waals surface area contributed by atoms with E-state index in [1.54, 1.807) is 18.3 Å². The SMILES string of the molecule is COC(=O)COc1cccn2c(Cc3ccccc3-c3ccccc3)c(SC)c(C(=O)C(N)=O)c12. The number of hydrogen-bond acceptors (Lipinski definition) is 6. The molecule has 2 aromatic carbocycles. The standard InChI is InChI=1S/C27H24N2O5S/c1-33-22(30)16-34-21-13-8-14-29-20(26(35-2)23(24(21)29)25(31)27(28)32)15-18-11-6-7-12-19(18)17-9-4-3-5-10-17/h3-14H,15-16H2,1-2H3,(H2,28,32). The summed E-state index contributed by atoms with van der Waals surface area (Å²) in [5.41, 5.74) is 9.96. The third-order valence-electron chi connectivity index (χ3n) is 5.66. The molecule has 0 bridgehead atoms. The molecular weight excluding hydrogens is 464 g/mol. The Balaban J connectivity index is 1.92. The van der Waals surface area contributed by atoms with Gasteiger partial charge in [0.25, 0.3) is 11.7 Å². The van der Waals surface area contributed by atoms with Gasteiger partial charge in [-0.1, -0.05) is 54.6 Å². The Hall–Kier alpha value is -4.04. The van der Waals surface area contributed by atoms with Crippen molar-refractivity contribution < 1.29 is 23.9 Å². The Kier molecular flexibility index (Phi) is 7.22. The second-order valence-corrected chi connectivity index (χ2v) is 8.52. The lowest BCUT2D eigenvalue weighted by Gasteiger charge is -2.12. The number of esters is 1. The van der Waals surface area contributed by atoms with Gasteiger partial charge in [-0.3, -0.25) is 9.59 Å². The van der Waals surface area contributed by atoms with Crippen LogP contribution in [-0.4, -0.2) is 42.0 Å². The molecule has 178 valence electrons. The maximum Gasteiger partial charge on any atom is 0.343 e. The van der Waals surface area contributed by atoms with Crippen LogP contribution in [0, 0.1) is 0 Å². The average Bonchev–Trinajstić information content (AvgIpc) is 3.21. The van der Waals surface area contributed by atoms with Crippen molar-refractivity contribution in [3.05, 3.63) is 89.7 Å². The smallest absolute Gasteiger partial charge is 0.343 e. The molecule has 0 atom stereocenters. The molecule has 0 aliphatic rings. The molecule has 1 amide bonds. The Morgan fingerprint density at radius 1 is 0.971 bits per heavy atom. The van der Waals surface area contributed by atoms with Crippen LogP contribution in [0.3, 0.4) is 0 Å². The molecule has 2 aromatic heterocycles. The quantitative estimate of drug-likeness (QED) is 0.165. The molecule has 4 aromatic rings. The summed E-state index contributed by atoms with van der Waals surface area (Å²) >= 11 is 1.36. The van der Waals surface area contributed by atoms with Crippen LogP contribution < -0.4 is 10.5 Å². The number of hydrogen-bond donors (Lipinski definition) is 1. The zero-order valence-corrected chi connectivity index (χ0v) is 20.1. The Labute approximate surface area is 206 Å². The van der Waals surface area contributed by atoms with Crippen LogP contribution in [0.5, 0.6) is 5.75 Å². The number of primary amides is 1. The van der Waals surface area contributed by atoms with E-state index in [2.05, 4.69) is 10.8 Å². The second-order valence-electron chi connectivity index (χ2n) is 7.70. The van der Waals surface area contributed by atoms with Gasteiger partial charge in [0.1, 0.15) is 11.3 Å². The molecule has 8 heteroatoms. The molecule has 0 aliphatic carbocycles. The van der Waals surface area contributed by atoms with Crippen LogP contribution in [0.2, 0.25) is 0 Å². The van der Waals surface area contributed by atoms with Crippen molar-refractivity contribution in [2.75, 3.05) is 20.0 Å². The van der Waals surface area contributed by atoms with Gasteiger partial charge >= 0.3 is 5.97 Å². The molecule has 35 heavy (non-hydrogen) atoms. The topological polar surface area (TPSA) is 100 Å². The lowest BCUT2D eigenvalue weighted by Crippen LogP contribution is -2.23. The highest BCUT2D eigenvalue weighted by Crippen LogP contribution is 2.38. The van der Waals surface area contributed by atoms with Gasteiger partial charge in [-0.15, -0.1) is 11.8 Å². The predicted octanol–water partition coefficient (Wildman–Crippen LogP) is 4.14. The summed E-state index contributed by atoms with van der Waals surface area (Å²) in [5.74, 6) is -2.17. The number of carbonyl (C=O) groups is 3. The first-order chi connectivity index (χ1) is 17.0. The maximum atomic E-state index is 13.0. The highest BCUT2D eigenvalue weighted by atomic mass is 32.2. The van der Waals surface area contributed by atoms with Crippen molar-refractivity contribution in [2.45, 2.75) is 11.3 Å². The normalized spacial score (nSPS) is 10.8. The highest BCUT2D eigenvalue weighted by molar-refractivity contribution is 7.98. The summed E-state index contributed by atoms with van der Waals surface area (Å²) in [6.07, 6.45) is 4.13. The molecule has 0 aliphatic heterocycles. The Morgan fingerprint density at radius 3 is 2.37 bits per heavy atom. The summed E-state index contributed by atoms with van der Waals surface area (Å²) in [6, 6.07) is 21.5. The van der Waals surface area contributed by atoms with Gasteiger partial charge < -0.3 is 19.6 Å². The summed E-state index contributed by atoms with van der Waals surface area (Å²) in [4.78, 5) is 37.3. The molecule has 0 saturated carbocycles.